The van der Waals surface area contributed by atoms with Gasteiger partial charge in [-0.25, -0.2) is 4.79 Å². The molecular weight excluding hydrogens is 280 g/mol. The summed E-state index contributed by atoms with van der Waals surface area (Å²) in [5.74, 6) is -0.398. The van der Waals surface area contributed by atoms with Gasteiger partial charge in [-0.2, -0.15) is 0 Å². The molecule has 1 aliphatic rings. The lowest BCUT2D eigenvalue weighted by Crippen LogP contribution is -2.53. The highest BCUT2D eigenvalue weighted by molar-refractivity contribution is 7.84. The standard InChI is InChI=1S/C13H24N2O4S/c1-3-5-13(11(16)17)6-4-8-15(10-13)12(18)14-7-9-20(2)19/h3-10H2,1-2H3,(H,14,18)(H,16,17). The van der Waals surface area contributed by atoms with Gasteiger partial charge in [0, 0.05) is 42.4 Å². The van der Waals surface area contributed by atoms with E-state index in [2.05, 4.69) is 5.32 Å². The van der Waals surface area contributed by atoms with Gasteiger partial charge in [0.1, 0.15) is 0 Å². The summed E-state index contributed by atoms with van der Waals surface area (Å²) in [5, 5.41) is 12.2. The van der Waals surface area contributed by atoms with Gasteiger partial charge in [-0.1, -0.05) is 13.3 Å². The van der Waals surface area contributed by atoms with Crippen molar-refractivity contribution in [3.05, 3.63) is 0 Å². The monoisotopic (exact) mass is 304 g/mol. The van der Waals surface area contributed by atoms with Gasteiger partial charge in [0.2, 0.25) is 0 Å². The zero-order valence-corrected chi connectivity index (χ0v) is 13.0. The van der Waals surface area contributed by atoms with E-state index in [1.54, 1.807) is 11.2 Å². The van der Waals surface area contributed by atoms with Crippen LogP contribution in [0.25, 0.3) is 0 Å². The molecule has 2 atom stereocenters. The number of carbonyl (C=O) groups is 2. The number of amides is 2. The maximum Gasteiger partial charge on any atom is 0.317 e. The van der Waals surface area contributed by atoms with Crippen LogP contribution >= 0.6 is 0 Å². The fourth-order valence-electron chi connectivity index (χ4n) is 2.68. The highest BCUT2D eigenvalue weighted by atomic mass is 32.2. The van der Waals surface area contributed by atoms with Crippen molar-refractivity contribution < 1.29 is 18.9 Å². The maximum absolute atomic E-state index is 12.0. The summed E-state index contributed by atoms with van der Waals surface area (Å²) in [4.78, 5) is 25.1. The van der Waals surface area contributed by atoms with Crippen LogP contribution in [-0.2, 0) is 15.6 Å². The molecule has 6 nitrogen and oxygen atoms in total. The number of rotatable bonds is 6. The predicted octanol–water partition coefficient (Wildman–Crippen LogP) is 1.04. The highest BCUT2D eigenvalue weighted by Crippen LogP contribution is 2.35. The van der Waals surface area contributed by atoms with Crippen molar-refractivity contribution >= 4 is 22.8 Å². The van der Waals surface area contributed by atoms with E-state index in [-0.39, 0.29) is 12.6 Å². The number of hydrogen-bond donors (Lipinski definition) is 2. The summed E-state index contributed by atoms with van der Waals surface area (Å²) in [6.45, 7) is 3.16. The van der Waals surface area contributed by atoms with Gasteiger partial charge in [0.05, 0.1) is 5.41 Å². The van der Waals surface area contributed by atoms with Crippen LogP contribution in [0.15, 0.2) is 0 Å². The number of likely N-dealkylation sites (tertiary alicyclic amines) is 1. The number of carbonyl (C=O) groups excluding carboxylic acids is 1. The lowest BCUT2D eigenvalue weighted by Gasteiger charge is -2.39. The Bertz CT molecular complexity index is 385. The van der Waals surface area contributed by atoms with Gasteiger partial charge in [0.25, 0.3) is 0 Å². The molecule has 0 aromatic carbocycles. The number of piperidine rings is 1. The second-order valence-electron chi connectivity index (χ2n) is 5.37. The first-order valence-electron chi connectivity index (χ1n) is 6.97. The third-order valence-corrected chi connectivity index (χ3v) is 4.49. The van der Waals surface area contributed by atoms with Gasteiger partial charge in [-0.15, -0.1) is 0 Å². The zero-order chi connectivity index (χ0) is 15.2. The van der Waals surface area contributed by atoms with Gasteiger partial charge < -0.3 is 15.3 Å². The van der Waals surface area contributed by atoms with Crippen molar-refractivity contribution in [1.82, 2.24) is 10.2 Å². The Morgan fingerprint density at radius 3 is 2.70 bits per heavy atom. The Labute approximate surface area is 122 Å². The number of carboxylic acids is 1. The van der Waals surface area contributed by atoms with Crippen LogP contribution in [0.1, 0.15) is 32.6 Å². The molecule has 0 aromatic rings. The van der Waals surface area contributed by atoms with E-state index in [9.17, 15) is 18.9 Å². The molecule has 2 unspecified atom stereocenters. The predicted molar refractivity (Wildman–Crippen MR) is 78.1 cm³/mol. The smallest absolute Gasteiger partial charge is 0.317 e. The SMILES string of the molecule is CCCC1(C(=O)O)CCCN(C(=O)NCCS(C)=O)C1. The molecule has 2 N–H and O–H groups in total. The molecule has 2 amide bonds. The number of nitrogens with zero attached hydrogens (tertiary/aromatic N) is 1. The number of urea groups is 1. The number of hydrogen-bond acceptors (Lipinski definition) is 3. The molecule has 116 valence electrons. The van der Waals surface area contributed by atoms with Gasteiger partial charge in [-0.3, -0.25) is 9.00 Å². The fraction of sp³-hybridized carbons (Fsp3) is 0.846. The van der Waals surface area contributed by atoms with E-state index < -0.39 is 22.2 Å². The van der Waals surface area contributed by atoms with Crippen LogP contribution in [-0.4, -0.2) is 57.9 Å². The first kappa shape index (κ1) is 16.9. The van der Waals surface area contributed by atoms with Gasteiger partial charge >= 0.3 is 12.0 Å². The third-order valence-electron chi connectivity index (χ3n) is 3.71. The molecule has 0 aliphatic carbocycles. The third kappa shape index (κ3) is 4.47. The molecule has 0 radical (unpaired) electrons. The lowest BCUT2D eigenvalue weighted by molar-refractivity contribution is -0.152. The molecule has 1 saturated heterocycles. The average Bonchev–Trinajstić information content (AvgIpc) is 2.38. The summed E-state index contributed by atoms with van der Waals surface area (Å²) in [6.07, 6.45) is 4.30. The van der Waals surface area contributed by atoms with E-state index in [0.29, 0.717) is 38.1 Å². The van der Waals surface area contributed by atoms with E-state index in [0.717, 1.165) is 6.42 Å². The summed E-state index contributed by atoms with van der Waals surface area (Å²) in [6, 6.07) is -0.253. The minimum atomic E-state index is -0.940. The quantitative estimate of drug-likeness (QED) is 0.767. The van der Waals surface area contributed by atoms with Crippen LogP contribution in [0.4, 0.5) is 4.79 Å². The van der Waals surface area contributed by atoms with Crippen molar-refractivity contribution in [1.29, 1.82) is 0 Å². The molecule has 1 rings (SSSR count). The average molecular weight is 304 g/mol. The van der Waals surface area contributed by atoms with Crippen LogP contribution < -0.4 is 5.32 Å². The summed E-state index contributed by atoms with van der Waals surface area (Å²) < 4.78 is 10.9. The molecule has 1 aliphatic heterocycles. The lowest BCUT2D eigenvalue weighted by atomic mass is 9.76. The van der Waals surface area contributed by atoms with Gasteiger partial charge in [0.15, 0.2) is 0 Å². The minimum absolute atomic E-state index is 0.253. The zero-order valence-electron chi connectivity index (χ0n) is 12.2. The normalized spacial score (nSPS) is 24.2. The first-order valence-corrected chi connectivity index (χ1v) is 8.70. The van der Waals surface area contributed by atoms with Crippen molar-refractivity contribution in [3.63, 3.8) is 0 Å². The Morgan fingerprint density at radius 1 is 1.45 bits per heavy atom. The maximum atomic E-state index is 12.0. The van der Waals surface area contributed by atoms with Gasteiger partial charge in [-0.05, 0) is 19.3 Å². The molecule has 20 heavy (non-hydrogen) atoms. The Morgan fingerprint density at radius 2 is 2.15 bits per heavy atom. The molecule has 0 bridgehead atoms. The van der Waals surface area contributed by atoms with Crippen molar-refractivity contribution in [2.24, 2.45) is 5.41 Å². The molecule has 1 fully saturated rings. The van der Waals surface area contributed by atoms with Crippen LogP contribution in [0.5, 0.6) is 0 Å². The molecule has 0 spiro atoms. The number of nitrogens with one attached hydrogen (secondary N) is 1. The van der Waals surface area contributed by atoms with Crippen molar-refractivity contribution in [3.8, 4) is 0 Å². The molecule has 1 heterocycles. The van der Waals surface area contributed by atoms with E-state index >= 15 is 0 Å². The van der Waals surface area contributed by atoms with E-state index in [1.165, 1.54) is 0 Å². The Kier molecular flexibility index (Phi) is 6.45. The number of carboxylic acid groups (broad SMARTS) is 1. The van der Waals surface area contributed by atoms with Crippen LogP contribution in [0, 0.1) is 5.41 Å². The van der Waals surface area contributed by atoms with Crippen molar-refractivity contribution in [2.45, 2.75) is 32.6 Å². The molecule has 0 saturated carbocycles. The molecule has 0 aromatic heterocycles. The van der Waals surface area contributed by atoms with Crippen molar-refractivity contribution in [2.75, 3.05) is 31.6 Å². The molecule has 7 heteroatoms. The summed E-state index contributed by atoms with van der Waals surface area (Å²) in [7, 11) is -0.940. The van der Waals surface area contributed by atoms with Crippen LogP contribution in [0.3, 0.4) is 0 Å². The van der Waals surface area contributed by atoms with Crippen LogP contribution in [0.2, 0.25) is 0 Å². The Hall–Kier alpha value is -1.11. The second-order valence-corrected chi connectivity index (χ2v) is 6.92. The fourth-order valence-corrected chi connectivity index (χ4v) is 3.07. The highest BCUT2D eigenvalue weighted by Gasteiger charge is 2.42. The first-order chi connectivity index (χ1) is 9.41. The number of aliphatic carboxylic acids is 1. The molecular formula is C13H24N2O4S. The topological polar surface area (TPSA) is 86.7 Å². The van der Waals surface area contributed by atoms with E-state index in [1.807, 2.05) is 6.92 Å². The summed E-state index contributed by atoms with van der Waals surface area (Å²) in [5.41, 5.74) is -0.808. The Balaban J connectivity index is 2.60. The second kappa shape index (κ2) is 7.61. The minimum Gasteiger partial charge on any atom is -0.481 e. The van der Waals surface area contributed by atoms with E-state index in [4.69, 9.17) is 0 Å². The largest absolute Gasteiger partial charge is 0.481 e. The summed E-state index contributed by atoms with van der Waals surface area (Å²) >= 11 is 0.